The number of aliphatic carboxylic acids is 1. The highest BCUT2D eigenvalue weighted by Crippen LogP contribution is 2.30. The van der Waals surface area contributed by atoms with Crippen LogP contribution in [-0.4, -0.2) is 29.7 Å². The summed E-state index contributed by atoms with van der Waals surface area (Å²) in [5.41, 5.74) is 0. The fourth-order valence-electron chi connectivity index (χ4n) is 3.06. The van der Waals surface area contributed by atoms with Crippen LogP contribution in [0, 0.1) is 17.8 Å². The van der Waals surface area contributed by atoms with Crippen molar-refractivity contribution < 1.29 is 14.7 Å². The Morgan fingerprint density at radius 3 is 2.48 bits per heavy atom. The maximum atomic E-state index is 11.9. The highest BCUT2D eigenvalue weighted by Gasteiger charge is 2.30. The molecule has 1 aliphatic rings. The Balaban J connectivity index is 2.19. The Morgan fingerprint density at radius 1 is 1.24 bits per heavy atom. The van der Waals surface area contributed by atoms with Gasteiger partial charge in [-0.15, -0.1) is 0 Å². The number of carboxylic acid groups (broad SMARTS) is 1. The number of carboxylic acids is 1. The van der Waals surface area contributed by atoms with Crippen LogP contribution in [0.25, 0.3) is 0 Å². The summed E-state index contributed by atoms with van der Waals surface area (Å²) in [6.45, 7) is 7.11. The van der Waals surface area contributed by atoms with E-state index in [1.165, 1.54) is 6.42 Å². The molecular formula is C16H30N2O3. The van der Waals surface area contributed by atoms with E-state index in [1.54, 1.807) is 0 Å². The summed E-state index contributed by atoms with van der Waals surface area (Å²) < 4.78 is 0. The number of rotatable bonds is 8. The molecular weight excluding hydrogens is 268 g/mol. The van der Waals surface area contributed by atoms with Crippen molar-refractivity contribution in [3.63, 3.8) is 0 Å². The molecule has 4 unspecified atom stereocenters. The Hall–Kier alpha value is -1.26. The molecule has 1 saturated carbocycles. The first-order chi connectivity index (χ1) is 9.93. The Labute approximate surface area is 127 Å². The lowest BCUT2D eigenvalue weighted by Gasteiger charge is -2.20. The van der Waals surface area contributed by atoms with E-state index in [2.05, 4.69) is 31.4 Å². The van der Waals surface area contributed by atoms with Gasteiger partial charge in [0.25, 0.3) is 0 Å². The molecule has 4 atom stereocenters. The van der Waals surface area contributed by atoms with Crippen LogP contribution in [0.2, 0.25) is 0 Å². The molecule has 1 aliphatic carbocycles. The smallest absolute Gasteiger partial charge is 0.315 e. The summed E-state index contributed by atoms with van der Waals surface area (Å²) in [4.78, 5) is 22.4. The third-order valence-corrected chi connectivity index (χ3v) is 4.96. The second-order valence-electron chi connectivity index (χ2n) is 6.42. The molecule has 21 heavy (non-hydrogen) atoms. The molecule has 2 amide bonds. The van der Waals surface area contributed by atoms with E-state index < -0.39 is 5.97 Å². The maximum absolute atomic E-state index is 11.9. The molecule has 1 rings (SSSR count). The zero-order valence-electron chi connectivity index (χ0n) is 13.5. The normalized spacial score (nSPS) is 26.3. The van der Waals surface area contributed by atoms with Crippen molar-refractivity contribution >= 4 is 12.0 Å². The van der Waals surface area contributed by atoms with Gasteiger partial charge in [0, 0.05) is 19.0 Å². The first kappa shape index (κ1) is 17.8. The van der Waals surface area contributed by atoms with Gasteiger partial charge in [0.05, 0.1) is 0 Å². The fraction of sp³-hybridized carbons (Fsp3) is 0.875. The van der Waals surface area contributed by atoms with Crippen LogP contribution < -0.4 is 10.6 Å². The molecule has 0 heterocycles. The largest absolute Gasteiger partial charge is 0.481 e. The number of hydrogen-bond acceptors (Lipinski definition) is 2. The van der Waals surface area contributed by atoms with Gasteiger partial charge in [-0.2, -0.15) is 0 Å². The van der Waals surface area contributed by atoms with E-state index in [4.69, 9.17) is 5.11 Å². The Bertz CT molecular complexity index is 346. The van der Waals surface area contributed by atoms with Gasteiger partial charge < -0.3 is 15.7 Å². The Kier molecular flexibility index (Phi) is 7.54. The van der Waals surface area contributed by atoms with E-state index in [0.29, 0.717) is 30.7 Å². The second-order valence-corrected chi connectivity index (χ2v) is 6.42. The van der Waals surface area contributed by atoms with Crippen LogP contribution in [0.4, 0.5) is 4.79 Å². The molecule has 0 spiro atoms. The van der Waals surface area contributed by atoms with Crippen molar-refractivity contribution in [2.45, 2.75) is 65.3 Å². The summed E-state index contributed by atoms with van der Waals surface area (Å²) in [6.07, 6.45) is 4.93. The number of carbonyl (C=O) groups excluding carboxylic acids is 1. The molecule has 0 aromatic carbocycles. The zero-order valence-corrected chi connectivity index (χ0v) is 13.5. The van der Waals surface area contributed by atoms with Crippen molar-refractivity contribution in [2.75, 3.05) is 6.54 Å². The van der Waals surface area contributed by atoms with E-state index in [-0.39, 0.29) is 18.5 Å². The molecule has 0 bridgehead atoms. The van der Waals surface area contributed by atoms with Crippen LogP contribution in [0.15, 0.2) is 0 Å². The minimum atomic E-state index is -0.747. The fourth-order valence-corrected chi connectivity index (χ4v) is 3.06. The lowest BCUT2D eigenvalue weighted by atomic mass is 9.96. The van der Waals surface area contributed by atoms with Crippen molar-refractivity contribution in [3.05, 3.63) is 0 Å². The SMILES string of the molecule is CCC(CCNC(=O)NC1CCC(C)C1C)CCC(=O)O. The van der Waals surface area contributed by atoms with Crippen LogP contribution >= 0.6 is 0 Å². The van der Waals surface area contributed by atoms with Crippen molar-refractivity contribution in [3.8, 4) is 0 Å². The highest BCUT2D eigenvalue weighted by molar-refractivity contribution is 5.74. The molecule has 0 aliphatic heterocycles. The zero-order chi connectivity index (χ0) is 15.8. The second kappa shape index (κ2) is 8.90. The molecule has 0 aromatic heterocycles. The van der Waals surface area contributed by atoms with E-state index >= 15 is 0 Å². The lowest BCUT2D eigenvalue weighted by molar-refractivity contribution is -0.137. The summed E-state index contributed by atoms with van der Waals surface area (Å²) >= 11 is 0. The molecule has 5 heteroatoms. The van der Waals surface area contributed by atoms with E-state index in [1.807, 2.05) is 0 Å². The predicted octanol–water partition coefficient (Wildman–Crippen LogP) is 3.00. The van der Waals surface area contributed by atoms with Crippen LogP contribution in [0.1, 0.15) is 59.3 Å². The number of carbonyl (C=O) groups is 2. The number of nitrogens with one attached hydrogen (secondary N) is 2. The molecule has 0 aromatic rings. The number of amides is 2. The maximum Gasteiger partial charge on any atom is 0.315 e. The van der Waals surface area contributed by atoms with Gasteiger partial charge in [-0.3, -0.25) is 4.79 Å². The topological polar surface area (TPSA) is 78.4 Å². The third kappa shape index (κ3) is 6.36. The van der Waals surface area contributed by atoms with E-state index in [0.717, 1.165) is 19.3 Å². The summed E-state index contributed by atoms with van der Waals surface area (Å²) in [5.74, 6) is 0.834. The van der Waals surface area contributed by atoms with Crippen LogP contribution in [0.5, 0.6) is 0 Å². The van der Waals surface area contributed by atoms with Gasteiger partial charge in [-0.25, -0.2) is 4.79 Å². The minimum absolute atomic E-state index is 0.0889. The molecule has 5 nitrogen and oxygen atoms in total. The molecule has 0 radical (unpaired) electrons. The summed E-state index contributed by atoms with van der Waals surface area (Å²) in [6, 6.07) is 0.197. The van der Waals surface area contributed by atoms with Gasteiger partial charge in [0.15, 0.2) is 0 Å². The predicted molar refractivity (Wildman–Crippen MR) is 83.2 cm³/mol. The molecule has 1 fully saturated rings. The molecule has 3 N–H and O–H groups in total. The average Bonchev–Trinajstić information content (AvgIpc) is 2.74. The summed E-state index contributed by atoms with van der Waals surface area (Å²) in [7, 11) is 0. The van der Waals surface area contributed by atoms with Crippen molar-refractivity contribution in [1.82, 2.24) is 10.6 Å². The van der Waals surface area contributed by atoms with Gasteiger partial charge in [0.1, 0.15) is 0 Å². The summed E-state index contributed by atoms with van der Waals surface area (Å²) in [5, 5.41) is 14.7. The standard InChI is InChI=1S/C16H30N2O3/c1-4-13(6-8-15(19)20)9-10-17-16(21)18-14-7-5-11(2)12(14)3/h11-14H,4-10H2,1-3H3,(H,19,20)(H2,17,18,21). The van der Waals surface area contributed by atoms with Crippen LogP contribution in [-0.2, 0) is 4.79 Å². The number of urea groups is 1. The highest BCUT2D eigenvalue weighted by atomic mass is 16.4. The van der Waals surface area contributed by atoms with Gasteiger partial charge in [0.2, 0.25) is 0 Å². The van der Waals surface area contributed by atoms with Crippen LogP contribution in [0.3, 0.4) is 0 Å². The monoisotopic (exact) mass is 298 g/mol. The average molecular weight is 298 g/mol. The lowest BCUT2D eigenvalue weighted by Crippen LogP contribution is -2.44. The van der Waals surface area contributed by atoms with E-state index in [9.17, 15) is 9.59 Å². The molecule has 122 valence electrons. The first-order valence-electron chi connectivity index (χ1n) is 8.20. The molecule has 0 saturated heterocycles. The Morgan fingerprint density at radius 2 is 1.95 bits per heavy atom. The number of hydrogen-bond donors (Lipinski definition) is 3. The first-order valence-corrected chi connectivity index (χ1v) is 8.20. The van der Waals surface area contributed by atoms with Gasteiger partial charge >= 0.3 is 12.0 Å². The van der Waals surface area contributed by atoms with Crippen molar-refractivity contribution in [2.24, 2.45) is 17.8 Å². The quantitative estimate of drug-likeness (QED) is 0.644. The van der Waals surface area contributed by atoms with Gasteiger partial charge in [-0.1, -0.05) is 27.2 Å². The van der Waals surface area contributed by atoms with Gasteiger partial charge in [-0.05, 0) is 43.4 Å². The minimum Gasteiger partial charge on any atom is -0.481 e. The van der Waals surface area contributed by atoms with Crippen molar-refractivity contribution in [1.29, 1.82) is 0 Å². The third-order valence-electron chi connectivity index (χ3n) is 4.96.